The highest BCUT2D eigenvalue weighted by Crippen LogP contribution is 2.28. The Balaban J connectivity index is 2.73. The summed E-state index contributed by atoms with van der Waals surface area (Å²) in [7, 11) is 0. The number of hydrogen-bond acceptors (Lipinski definition) is 6. The number of aliphatic hydroxyl groups excluding tert-OH is 1. The zero-order chi connectivity index (χ0) is 15.7. The van der Waals surface area contributed by atoms with Gasteiger partial charge in [0.2, 0.25) is 0 Å². The molecule has 7 nitrogen and oxygen atoms in total. The average Bonchev–Trinajstić information content (AvgIpc) is 2.48. The minimum Gasteiger partial charge on any atom is -0.484 e. The van der Waals surface area contributed by atoms with Gasteiger partial charge in [-0.2, -0.15) is 0 Å². The van der Waals surface area contributed by atoms with Gasteiger partial charge in [-0.1, -0.05) is 13.0 Å². The Morgan fingerprint density at radius 3 is 2.76 bits per heavy atom. The number of nitrogens with one attached hydrogen (secondary N) is 1. The molecule has 0 saturated heterocycles. The molecule has 21 heavy (non-hydrogen) atoms. The predicted molar refractivity (Wildman–Crippen MR) is 78.5 cm³/mol. The van der Waals surface area contributed by atoms with Crippen molar-refractivity contribution in [3.05, 3.63) is 33.9 Å². The predicted octanol–water partition coefficient (Wildman–Crippen LogP) is 1.48. The van der Waals surface area contributed by atoms with Crippen LogP contribution in [0.5, 0.6) is 5.75 Å². The molecule has 0 bridgehead atoms. The van der Waals surface area contributed by atoms with Crippen molar-refractivity contribution in [1.29, 1.82) is 0 Å². The van der Waals surface area contributed by atoms with Crippen LogP contribution in [0.4, 0.5) is 5.69 Å². The van der Waals surface area contributed by atoms with E-state index in [1.165, 1.54) is 6.07 Å². The minimum absolute atomic E-state index is 0.0501. The molecule has 0 aliphatic heterocycles. The van der Waals surface area contributed by atoms with Crippen molar-refractivity contribution in [3.63, 3.8) is 0 Å². The average molecular weight is 298 g/mol. The third kappa shape index (κ3) is 6.07. The third-order valence-electron chi connectivity index (χ3n) is 2.75. The molecule has 7 heteroatoms. The van der Waals surface area contributed by atoms with Crippen molar-refractivity contribution in [1.82, 2.24) is 5.32 Å². The molecule has 0 aromatic heterocycles. The standard InChI is InChI=1S/C14H22N2O5/c1-3-15-8-11-5-6-13(16(18)19)14(7-11)21-10-12(17)9-20-4-2/h5-7,12,15,17H,3-4,8-10H2,1-2H3. The normalized spacial score (nSPS) is 12.1. The van der Waals surface area contributed by atoms with Crippen LogP contribution in [0, 0.1) is 10.1 Å². The Hall–Kier alpha value is -1.70. The lowest BCUT2D eigenvalue weighted by atomic mass is 10.2. The molecular weight excluding hydrogens is 276 g/mol. The van der Waals surface area contributed by atoms with Crippen LogP contribution in [0.25, 0.3) is 0 Å². The van der Waals surface area contributed by atoms with Gasteiger partial charge in [-0.05, 0) is 25.1 Å². The maximum atomic E-state index is 11.0. The summed E-state index contributed by atoms with van der Waals surface area (Å²) in [5.74, 6) is 0.158. The molecule has 0 heterocycles. The number of aliphatic hydroxyl groups is 1. The maximum absolute atomic E-state index is 11.0. The second-order valence-electron chi connectivity index (χ2n) is 4.46. The third-order valence-corrected chi connectivity index (χ3v) is 2.75. The number of rotatable bonds is 10. The van der Waals surface area contributed by atoms with E-state index in [0.717, 1.165) is 12.1 Å². The molecule has 0 fully saturated rings. The Morgan fingerprint density at radius 1 is 1.38 bits per heavy atom. The molecule has 1 atom stereocenters. The fourth-order valence-electron chi connectivity index (χ4n) is 1.69. The zero-order valence-corrected chi connectivity index (χ0v) is 12.4. The molecule has 0 amide bonds. The Bertz CT molecular complexity index is 453. The SMILES string of the molecule is CCNCc1ccc([N+](=O)[O-])c(OCC(O)COCC)c1. The molecule has 1 rings (SSSR count). The van der Waals surface area contributed by atoms with E-state index in [2.05, 4.69) is 5.32 Å². The minimum atomic E-state index is -0.818. The molecule has 0 aliphatic carbocycles. The number of nitrogens with zero attached hydrogens (tertiary/aromatic N) is 1. The van der Waals surface area contributed by atoms with Crippen LogP contribution in [-0.2, 0) is 11.3 Å². The van der Waals surface area contributed by atoms with E-state index in [1.807, 2.05) is 13.8 Å². The first-order valence-corrected chi connectivity index (χ1v) is 6.95. The topological polar surface area (TPSA) is 93.9 Å². The lowest BCUT2D eigenvalue weighted by Crippen LogP contribution is -2.23. The van der Waals surface area contributed by atoms with E-state index in [-0.39, 0.29) is 24.7 Å². The van der Waals surface area contributed by atoms with E-state index < -0.39 is 11.0 Å². The molecule has 2 N–H and O–H groups in total. The van der Waals surface area contributed by atoms with Gasteiger partial charge in [0.15, 0.2) is 5.75 Å². The maximum Gasteiger partial charge on any atom is 0.310 e. The van der Waals surface area contributed by atoms with Crippen molar-refractivity contribution in [2.75, 3.05) is 26.4 Å². The largest absolute Gasteiger partial charge is 0.484 e. The van der Waals surface area contributed by atoms with Gasteiger partial charge in [-0.3, -0.25) is 10.1 Å². The van der Waals surface area contributed by atoms with Crippen LogP contribution in [-0.4, -0.2) is 42.5 Å². The van der Waals surface area contributed by atoms with Crippen molar-refractivity contribution < 1.29 is 19.5 Å². The lowest BCUT2D eigenvalue weighted by Gasteiger charge is -2.13. The first-order chi connectivity index (χ1) is 10.1. The number of benzene rings is 1. The highest BCUT2D eigenvalue weighted by atomic mass is 16.6. The summed E-state index contributed by atoms with van der Waals surface area (Å²) in [4.78, 5) is 10.5. The fourth-order valence-corrected chi connectivity index (χ4v) is 1.69. The molecule has 0 radical (unpaired) electrons. The Labute approximate surface area is 124 Å². The Kier molecular flexibility index (Phi) is 7.66. The van der Waals surface area contributed by atoms with E-state index in [0.29, 0.717) is 13.2 Å². The fraction of sp³-hybridized carbons (Fsp3) is 0.571. The van der Waals surface area contributed by atoms with Crippen LogP contribution in [0.1, 0.15) is 19.4 Å². The van der Waals surface area contributed by atoms with Crippen LogP contribution in [0.15, 0.2) is 18.2 Å². The summed E-state index contributed by atoms with van der Waals surface area (Å²) in [5.41, 5.74) is 0.774. The van der Waals surface area contributed by atoms with Crippen molar-refractivity contribution in [2.45, 2.75) is 26.5 Å². The van der Waals surface area contributed by atoms with E-state index in [4.69, 9.17) is 9.47 Å². The molecule has 1 unspecified atom stereocenters. The second-order valence-corrected chi connectivity index (χ2v) is 4.46. The smallest absolute Gasteiger partial charge is 0.310 e. The van der Waals surface area contributed by atoms with Crippen molar-refractivity contribution in [3.8, 4) is 5.75 Å². The first-order valence-electron chi connectivity index (χ1n) is 6.95. The molecule has 1 aromatic carbocycles. The van der Waals surface area contributed by atoms with Gasteiger partial charge in [-0.25, -0.2) is 0 Å². The van der Waals surface area contributed by atoms with Gasteiger partial charge in [0, 0.05) is 19.2 Å². The summed E-state index contributed by atoms with van der Waals surface area (Å²) >= 11 is 0. The summed E-state index contributed by atoms with van der Waals surface area (Å²) < 4.78 is 10.4. The highest BCUT2D eigenvalue weighted by Gasteiger charge is 2.17. The molecule has 0 spiro atoms. The Morgan fingerprint density at radius 2 is 2.14 bits per heavy atom. The van der Waals surface area contributed by atoms with Crippen LogP contribution < -0.4 is 10.1 Å². The second kappa shape index (κ2) is 9.28. The first kappa shape index (κ1) is 17.4. The van der Waals surface area contributed by atoms with Gasteiger partial charge in [0.05, 0.1) is 11.5 Å². The summed E-state index contributed by atoms with van der Waals surface area (Å²) in [6.07, 6.45) is -0.818. The van der Waals surface area contributed by atoms with Gasteiger partial charge in [0.1, 0.15) is 12.7 Å². The van der Waals surface area contributed by atoms with E-state index >= 15 is 0 Å². The molecule has 118 valence electrons. The summed E-state index contributed by atoms with van der Waals surface area (Å²) in [5, 5.41) is 23.8. The zero-order valence-electron chi connectivity index (χ0n) is 12.4. The van der Waals surface area contributed by atoms with Gasteiger partial charge < -0.3 is 19.9 Å². The number of ether oxygens (including phenoxy) is 2. The van der Waals surface area contributed by atoms with Crippen LogP contribution in [0.3, 0.4) is 0 Å². The van der Waals surface area contributed by atoms with Crippen molar-refractivity contribution in [2.24, 2.45) is 0 Å². The molecule has 1 aromatic rings. The van der Waals surface area contributed by atoms with Gasteiger partial charge >= 0.3 is 5.69 Å². The number of nitro benzene ring substituents is 1. The van der Waals surface area contributed by atoms with Crippen LogP contribution in [0.2, 0.25) is 0 Å². The van der Waals surface area contributed by atoms with Gasteiger partial charge in [-0.15, -0.1) is 0 Å². The lowest BCUT2D eigenvalue weighted by molar-refractivity contribution is -0.385. The summed E-state index contributed by atoms with van der Waals surface area (Å²) in [6, 6.07) is 4.72. The quantitative estimate of drug-likeness (QED) is 0.502. The van der Waals surface area contributed by atoms with Crippen molar-refractivity contribution >= 4 is 5.69 Å². The number of hydrogen-bond donors (Lipinski definition) is 2. The van der Waals surface area contributed by atoms with Crippen LogP contribution >= 0.6 is 0 Å². The molecule has 0 saturated carbocycles. The number of nitro groups is 1. The van der Waals surface area contributed by atoms with E-state index in [9.17, 15) is 15.2 Å². The van der Waals surface area contributed by atoms with E-state index in [1.54, 1.807) is 12.1 Å². The highest BCUT2D eigenvalue weighted by molar-refractivity contribution is 5.48. The molecule has 0 aliphatic rings. The van der Waals surface area contributed by atoms with Gasteiger partial charge in [0.25, 0.3) is 0 Å². The summed E-state index contributed by atoms with van der Waals surface area (Å²) in [6.45, 7) is 5.80. The molecular formula is C14H22N2O5. The monoisotopic (exact) mass is 298 g/mol.